The molecule has 0 aliphatic rings. The Morgan fingerprint density at radius 1 is 0.920 bits per heavy atom. The number of thioether (sulfide) groups is 1. The van der Waals surface area contributed by atoms with Gasteiger partial charge in [-0.1, -0.05) is 41.9 Å². The smallest absolute Gasteiger partial charge is 0.354 e. The average molecular weight is 714 g/mol. The lowest BCUT2D eigenvalue weighted by Gasteiger charge is -2.11. The number of rotatable bonds is 12. The van der Waals surface area contributed by atoms with Crippen LogP contribution >= 0.6 is 23.4 Å². The number of fused-ring (bicyclic) bond motifs is 2. The molecule has 1 N–H and O–H groups in total. The molecular formula is C38H40ClN5O5S. The Morgan fingerprint density at radius 2 is 1.70 bits per heavy atom. The summed E-state index contributed by atoms with van der Waals surface area (Å²) < 4.78 is 15.6. The fourth-order valence-corrected chi connectivity index (χ4v) is 7.85. The summed E-state index contributed by atoms with van der Waals surface area (Å²) in [5.74, 6) is 0.735. The van der Waals surface area contributed by atoms with E-state index in [1.165, 1.54) is 14.2 Å². The van der Waals surface area contributed by atoms with Crippen molar-refractivity contribution in [2.45, 2.75) is 51.2 Å². The van der Waals surface area contributed by atoms with E-state index < -0.39 is 5.97 Å². The summed E-state index contributed by atoms with van der Waals surface area (Å²) in [7, 11) is 6.57. The number of ether oxygens (including phenoxy) is 2. The molecule has 0 aliphatic carbocycles. The van der Waals surface area contributed by atoms with Crippen LogP contribution in [0.4, 0.5) is 0 Å². The Balaban J connectivity index is 1.25. The predicted octanol–water partition coefficient (Wildman–Crippen LogP) is 7.47. The quantitative estimate of drug-likeness (QED) is 0.130. The fraction of sp³-hybridized carbons (Fsp3) is 0.316. The number of carbonyl (C=O) groups excluding carboxylic acids is 2. The van der Waals surface area contributed by atoms with E-state index in [1.807, 2.05) is 84.3 Å². The van der Waals surface area contributed by atoms with Crippen molar-refractivity contribution in [3.05, 3.63) is 99.2 Å². The molecule has 0 aliphatic heterocycles. The zero-order valence-electron chi connectivity index (χ0n) is 29.0. The van der Waals surface area contributed by atoms with E-state index in [0.717, 1.165) is 79.5 Å². The van der Waals surface area contributed by atoms with Crippen molar-refractivity contribution in [2.24, 2.45) is 14.1 Å². The van der Waals surface area contributed by atoms with Crippen molar-refractivity contribution in [3.8, 4) is 16.9 Å². The van der Waals surface area contributed by atoms with E-state index in [0.29, 0.717) is 28.0 Å². The minimum Gasteiger partial charge on any atom is -0.507 e. The number of nitrogens with zero attached hydrogens (tertiary/aromatic N) is 5. The van der Waals surface area contributed by atoms with Crippen molar-refractivity contribution in [1.82, 2.24) is 24.1 Å². The van der Waals surface area contributed by atoms with Crippen molar-refractivity contribution in [1.29, 1.82) is 0 Å². The molecule has 0 amide bonds. The van der Waals surface area contributed by atoms with Crippen LogP contribution < -0.4 is 0 Å². The highest BCUT2D eigenvalue weighted by molar-refractivity contribution is 7.97. The van der Waals surface area contributed by atoms with Crippen LogP contribution in [-0.2, 0) is 59.3 Å². The Morgan fingerprint density at radius 3 is 2.46 bits per heavy atom. The van der Waals surface area contributed by atoms with E-state index in [-0.39, 0.29) is 18.9 Å². The van der Waals surface area contributed by atoms with Crippen LogP contribution in [0.1, 0.15) is 50.8 Å². The Hall–Kier alpha value is -4.74. The molecule has 0 radical (unpaired) electrons. The van der Waals surface area contributed by atoms with Crippen LogP contribution in [0.3, 0.4) is 0 Å². The van der Waals surface area contributed by atoms with E-state index in [2.05, 4.69) is 12.1 Å². The molecule has 50 heavy (non-hydrogen) atoms. The number of halogens is 1. The molecule has 3 aromatic heterocycles. The molecule has 0 bridgehead atoms. The third-order valence-corrected chi connectivity index (χ3v) is 10.6. The number of aromatic nitrogens is 5. The van der Waals surface area contributed by atoms with Gasteiger partial charge in [-0.05, 0) is 67.5 Å². The van der Waals surface area contributed by atoms with Gasteiger partial charge in [0.25, 0.3) is 0 Å². The summed E-state index contributed by atoms with van der Waals surface area (Å²) in [6.07, 6.45) is 1.68. The highest BCUT2D eigenvalue weighted by Crippen LogP contribution is 2.43. The number of aromatic hydroxyl groups is 1. The third-order valence-electron chi connectivity index (χ3n) is 9.31. The zero-order valence-corrected chi connectivity index (χ0v) is 30.6. The predicted molar refractivity (Wildman–Crippen MR) is 198 cm³/mol. The molecule has 260 valence electrons. The largest absolute Gasteiger partial charge is 0.507 e. The van der Waals surface area contributed by atoms with Crippen LogP contribution in [0.25, 0.3) is 32.8 Å². The van der Waals surface area contributed by atoms with Crippen LogP contribution in [0, 0.1) is 13.8 Å². The van der Waals surface area contributed by atoms with Gasteiger partial charge in [-0.3, -0.25) is 14.2 Å². The van der Waals surface area contributed by atoms with Crippen molar-refractivity contribution in [3.63, 3.8) is 0 Å². The van der Waals surface area contributed by atoms with Crippen LogP contribution in [-0.4, -0.2) is 55.4 Å². The maximum Gasteiger partial charge on any atom is 0.354 e. The molecule has 6 rings (SSSR count). The number of esters is 2. The summed E-state index contributed by atoms with van der Waals surface area (Å²) >= 11 is 8.70. The molecule has 0 saturated carbocycles. The maximum atomic E-state index is 13.1. The number of hydrogen-bond acceptors (Lipinski definition) is 8. The molecule has 10 nitrogen and oxygen atoms in total. The first-order valence-corrected chi connectivity index (χ1v) is 17.8. The number of benzene rings is 3. The fourth-order valence-electron chi connectivity index (χ4n) is 6.75. The second kappa shape index (κ2) is 14.6. The van der Waals surface area contributed by atoms with Gasteiger partial charge in [0.15, 0.2) is 0 Å². The first-order chi connectivity index (χ1) is 24.0. The Kier molecular flexibility index (Phi) is 10.3. The van der Waals surface area contributed by atoms with E-state index in [9.17, 15) is 14.7 Å². The van der Waals surface area contributed by atoms with Gasteiger partial charge in [-0.2, -0.15) is 10.2 Å². The normalized spacial score (nSPS) is 11.5. The summed E-state index contributed by atoms with van der Waals surface area (Å²) in [6, 6.07) is 17.7. The monoisotopic (exact) mass is 713 g/mol. The van der Waals surface area contributed by atoms with Gasteiger partial charge in [-0.25, -0.2) is 4.79 Å². The molecule has 3 heterocycles. The van der Waals surface area contributed by atoms with Crippen LogP contribution in [0.15, 0.2) is 54.6 Å². The standard InChI is InChI=1S/C38H40ClN5O5S/c1-22-34-31(44(16-15-33(46)48-5)37(22)38(47)49-6)14-13-29(39)36(34)35-23(2)42(3)41-30(35)21-50-20-26-19-27(43(4)40-26)12-11-24-17-25-9-7-8-10-28(25)32(45)18-24/h7-10,13-14,17-19,45H,11-12,15-16,20-21H2,1-6H3. The van der Waals surface area contributed by atoms with Gasteiger partial charge >= 0.3 is 11.9 Å². The molecule has 0 saturated heterocycles. The molecule has 3 aromatic carbocycles. The summed E-state index contributed by atoms with van der Waals surface area (Å²) in [4.78, 5) is 25.1. The number of aryl methyl sites for hydroxylation is 6. The topological polar surface area (TPSA) is 113 Å². The number of methoxy groups -OCH3 is 2. The Bertz CT molecular complexity index is 2250. The number of phenolic OH excluding ortho intramolecular Hbond substituents is 1. The molecule has 12 heteroatoms. The molecule has 0 unspecified atom stereocenters. The minimum atomic E-state index is -0.491. The van der Waals surface area contributed by atoms with Gasteiger partial charge in [0.2, 0.25) is 0 Å². The first kappa shape index (κ1) is 35.1. The molecule has 0 spiro atoms. The average Bonchev–Trinajstić information content (AvgIpc) is 3.71. The number of hydrogen-bond donors (Lipinski definition) is 1. The van der Waals surface area contributed by atoms with E-state index in [4.69, 9.17) is 31.3 Å². The van der Waals surface area contributed by atoms with Gasteiger partial charge in [0.1, 0.15) is 11.4 Å². The zero-order chi connectivity index (χ0) is 35.7. The summed E-state index contributed by atoms with van der Waals surface area (Å²) in [5, 5.41) is 23.4. The van der Waals surface area contributed by atoms with Crippen molar-refractivity contribution in [2.75, 3.05) is 14.2 Å². The SMILES string of the molecule is COC(=O)CCn1c(C(=O)OC)c(C)c2c(-c3c(CSCc4cc(CCc5cc(O)c6ccccc6c5)n(C)n4)nn(C)c3C)c(Cl)ccc21. The van der Waals surface area contributed by atoms with Gasteiger partial charge in [-0.15, -0.1) is 11.8 Å². The lowest BCUT2D eigenvalue weighted by Crippen LogP contribution is -2.14. The van der Waals surface area contributed by atoms with Crippen molar-refractivity contribution >= 4 is 57.0 Å². The molecule has 6 aromatic rings. The Labute approximate surface area is 299 Å². The highest BCUT2D eigenvalue weighted by atomic mass is 35.5. The number of carbonyl (C=O) groups is 2. The second-order valence-corrected chi connectivity index (χ2v) is 13.8. The maximum absolute atomic E-state index is 13.1. The second-order valence-electron chi connectivity index (χ2n) is 12.4. The summed E-state index contributed by atoms with van der Waals surface area (Å²) in [6.45, 7) is 4.13. The van der Waals surface area contributed by atoms with Gasteiger partial charge in [0, 0.05) is 76.0 Å². The third kappa shape index (κ3) is 6.72. The first-order valence-electron chi connectivity index (χ1n) is 16.3. The van der Waals surface area contributed by atoms with Crippen molar-refractivity contribution < 1.29 is 24.2 Å². The van der Waals surface area contributed by atoms with Gasteiger partial charge in [0.05, 0.1) is 32.0 Å². The van der Waals surface area contributed by atoms with E-state index >= 15 is 0 Å². The molecule has 0 atom stereocenters. The van der Waals surface area contributed by atoms with Crippen LogP contribution in [0.2, 0.25) is 5.02 Å². The minimum absolute atomic E-state index is 0.0950. The lowest BCUT2D eigenvalue weighted by molar-refractivity contribution is -0.140. The lowest BCUT2D eigenvalue weighted by atomic mass is 9.97. The molecule has 0 fully saturated rings. The molecular weight excluding hydrogens is 674 g/mol. The number of phenols is 1. The van der Waals surface area contributed by atoms with E-state index in [1.54, 1.807) is 11.8 Å². The summed E-state index contributed by atoms with van der Waals surface area (Å²) in [5.41, 5.74) is 8.57. The van der Waals surface area contributed by atoms with Crippen LogP contribution in [0.5, 0.6) is 5.75 Å². The van der Waals surface area contributed by atoms with Gasteiger partial charge < -0.3 is 19.1 Å². The highest BCUT2D eigenvalue weighted by Gasteiger charge is 2.28.